The van der Waals surface area contributed by atoms with E-state index in [0.717, 1.165) is 5.69 Å². The van der Waals surface area contributed by atoms with E-state index in [1.54, 1.807) is 32.4 Å². The Kier molecular flexibility index (Phi) is 4.24. The molecule has 0 spiro atoms. The largest absolute Gasteiger partial charge is 0.495 e. The average molecular weight is 300 g/mol. The number of nitrogens with one attached hydrogen (secondary N) is 2. The molecule has 8 heteroatoms. The zero-order valence-corrected chi connectivity index (χ0v) is 11.7. The monoisotopic (exact) mass is 299 g/mol. The Morgan fingerprint density at radius 3 is 2.53 bits per heavy atom. The lowest BCUT2D eigenvalue weighted by molar-refractivity contribution is 0.415. The Morgan fingerprint density at radius 1 is 1.11 bits per heavy atom. The van der Waals surface area contributed by atoms with Gasteiger partial charge >= 0.3 is 0 Å². The molecule has 0 bridgehead atoms. The average Bonchev–Trinajstić information content (AvgIpc) is 2.40. The van der Waals surface area contributed by atoms with Crippen molar-refractivity contribution >= 4 is 40.8 Å². The quantitative estimate of drug-likeness (QED) is 0.904. The molecule has 0 fully saturated rings. The minimum Gasteiger partial charge on any atom is -0.495 e. The molecule has 6 nitrogen and oxygen atoms in total. The van der Waals surface area contributed by atoms with Gasteiger partial charge in [-0.1, -0.05) is 11.6 Å². The van der Waals surface area contributed by atoms with Crippen molar-refractivity contribution in [2.45, 2.75) is 0 Å². The van der Waals surface area contributed by atoms with E-state index in [2.05, 4.69) is 25.6 Å². The molecule has 0 atom stereocenters. The van der Waals surface area contributed by atoms with E-state index in [9.17, 15) is 0 Å². The molecule has 2 rings (SSSR count). The summed E-state index contributed by atoms with van der Waals surface area (Å²) in [5, 5.41) is 6.41. The highest BCUT2D eigenvalue weighted by Gasteiger charge is 2.06. The molecule has 19 heavy (non-hydrogen) atoms. The molecule has 0 amide bonds. The second kappa shape index (κ2) is 5.90. The van der Waals surface area contributed by atoms with Gasteiger partial charge in [0.1, 0.15) is 5.75 Å². The maximum absolute atomic E-state index is 5.95. The summed E-state index contributed by atoms with van der Waals surface area (Å²) in [5.41, 5.74) is 0.727. The summed E-state index contributed by atoms with van der Waals surface area (Å²) < 4.78 is 5.13. The van der Waals surface area contributed by atoms with Crippen LogP contribution >= 0.6 is 23.2 Å². The molecule has 0 aliphatic heterocycles. The van der Waals surface area contributed by atoms with E-state index in [-0.39, 0.29) is 5.28 Å². The predicted molar refractivity (Wildman–Crippen MR) is 75.7 cm³/mol. The summed E-state index contributed by atoms with van der Waals surface area (Å²) >= 11 is 11.7. The van der Waals surface area contributed by atoms with Crippen LogP contribution in [0.3, 0.4) is 0 Å². The smallest absolute Gasteiger partial charge is 0.233 e. The van der Waals surface area contributed by atoms with Crippen LogP contribution in [0, 0.1) is 0 Å². The summed E-state index contributed by atoms with van der Waals surface area (Å²) in [6.45, 7) is 0. The lowest BCUT2D eigenvalue weighted by Crippen LogP contribution is -2.03. The topological polar surface area (TPSA) is 72.0 Å². The third-order valence-corrected chi connectivity index (χ3v) is 2.72. The van der Waals surface area contributed by atoms with Crippen LogP contribution in [0.25, 0.3) is 0 Å². The van der Waals surface area contributed by atoms with Crippen LogP contribution in [0.1, 0.15) is 0 Å². The van der Waals surface area contributed by atoms with Crippen molar-refractivity contribution in [3.8, 4) is 5.75 Å². The summed E-state index contributed by atoms with van der Waals surface area (Å²) in [6, 6.07) is 5.23. The predicted octanol–water partition coefficient (Wildman–Crippen LogP) is 2.97. The number of anilines is 3. The lowest BCUT2D eigenvalue weighted by Gasteiger charge is -2.09. The number of hydrogen-bond acceptors (Lipinski definition) is 6. The van der Waals surface area contributed by atoms with Gasteiger partial charge in [0.25, 0.3) is 0 Å². The summed E-state index contributed by atoms with van der Waals surface area (Å²) in [6.07, 6.45) is 0. The Bertz CT molecular complexity index is 593. The van der Waals surface area contributed by atoms with Gasteiger partial charge in [-0.2, -0.15) is 15.0 Å². The molecular weight excluding hydrogens is 289 g/mol. The van der Waals surface area contributed by atoms with E-state index >= 15 is 0 Å². The number of methoxy groups -OCH3 is 1. The Balaban J connectivity index is 2.28. The van der Waals surface area contributed by atoms with Crippen LogP contribution in [0.15, 0.2) is 18.2 Å². The van der Waals surface area contributed by atoms with E-state index < -0.39 is 0 Å². The molecule has 0 radical (unpaired) electrons. The third kappa shape index (κ3) is 3.36. The highest BCUT2D eigenvalue weighted by atomic mass is 35.5. The third-order valence-electron chi connectivity index (χ3n) is 2.24. The molecule has 0 aliphatic rings. The van der Waals surface area contributed by atoms with Crippen molar-refractivity contribution in [3.05, 3.63) is 28.5 Å². The van der Waals surface area contributed by atoms with Crippen LogP contribution in [0.4, 0.5) is 17.6 Å². The molecule has 2 N–H and O–H groups in total. The molecule has 0 aliphatic carbocycles. The molecular formula is C11H11Cl2N5O. The van der Waals surface area contributed by atoms with Crippen molar-refractivity contribution in [3.63, 3.8) is 0 Å². The number of halogens is 2. The first kappa shape index (κ1) is 13.6. The van der Waals surface area contributed by atoms with Crippen LogP contribution in [0.2, 0.25) is 10.3 Å². The highest BCUT2D eigenvalue weighted by Crippen LogP contribution is 2.28. The van der Waals surface area contributed by atoms with Crippen molar-refractivity contribution in [2.75, 3.05) is 24.8 Å². The second-order valence-electron chi connectivity index (χ2n) is 3.48. The zero-order valence-electron chi connectivity index (χ0n) is 10.2. The number of benzene rings is 1. The van der Waals surface area contributed by atoms with Gasteiger partial charge in [-0.3, -0.25) is 0 Å². The standard InChI is InChI=1S/C11H11Cl2N5O/c1-14-10-16-9(13)17-11(18-10)15-6-3-4-7(12)8(5-6)19-2/h3-5H,1-2H3,(H2,14,15,16,17,18). The van der Waals surface area contributed by atoms with Crippen LogP contribution in [-0.2, 0) is 0 Å². The van der Waals surface area contributed by atoms with E-state index in [1.165, 1.54) is 0 Å². The van der Waals surface area contributed by atoms with Gasteiger partial charge in [0.05, 0.1) is 12.1 Å². The van der Waals surface area contributed by atoms with Gasteiger partial charge in [-0.15, -0.1) is 0 Å². The van der Waals surface area contributed by atoms with E-state index in [4.69, 9.17) is 27.9 Å². The fraction of sp³-hybridized carbons (Fsp3) is 0.182. The normalized spacial score (nSPS) is 10.1. The zero-order chi connectivity index (χ0) is 13.8. The Morgan fingerprint density at radius 2 is 1.84 bits per heavy atom. The molecule has 0 saturated heterocycles. The van der Waals surface area contributed by atoms with Crippen molar-refractivity contribution in [2.24, 2.45) is 0 Å². The maximum Gasteiger partial charge on any atom is 0.233 e. The molecule has 1 heterocycles. The maximum atomic E-state index is 5.95. The number of aromatic nitrogens is 3. The van der Waals surface area contributed by atoms with Crippen LogP contribution < -0.4 is 15.4 Å². The first-order valence-corrected chi connectivity index (χ1v) is 6.08. The number of nitrogens with zero attached hydrogens (tertiary/aromatic N) is 3. The Labute approximate surface area is 120 Å². The van der Waals surface area contributed by atoms with Crippen molar-refractivity contribution in [1.82, 2.24) is 15.0 Å². The van der Waals surface area contributed by atoms with Gasteiger partial charge in [0, 0.05) is 18.8 Å². The first-order chi connectivity index (χ1) is 9.12. The summed E-state index contributed by atoms with van der Waals surface area (Å²) in [7, 11) is 3.24. The lowest BCUT2D eigenvalue weighted by atomic mass is 10.3. The highest BCUT2D eigenvalue weighted by molar-refractivity contribution is 6.32. The van der Waals surface area contributed by atoms with Gasteiger partial charge in [0.15, 0.2) is 0 Å². The Hall–Kier alpha value is -1.79. The number of hydrogen-bond donors (Lipinski definition) is 2. The fourth-order valence-corrected chi connectivity index (χ4v) is 1.74. The molecule has 2 aromatic rings. The van der Waals surface area contributed by atoms with Gasteiger partial charge in [-0.05, 0) is 23.7 Å². The van der Waals surface area contributed by atoms with Crippen molar-refractivity contribution < 1.29 is 4.74 Å². The van der Waals surface area contributed by atoms with Gasteiger partial charge < -0.3 is 15.4 Å². The van der Waals surface area contributed by atoms with Gasteiger partial charge in [-0.25, -0.2) is 0 Å². The molecule has 0 saturated carbocycles. The van der Waals surface area contributed by atoms with Gasteiger partial charge in [0.2, 0.25) is 17.2 Å². The van der Waals surface area contributed by atoms with E-state index in [1.807, 2.05) is 0 Å². The second-order valence-corrected chi connectivity index (χ2v) is 4.22. The first-order valence-electron chi connectivity index (χ1n) is 5.32. The SMILES string of the molecule is CNc1nc(Cl)nc(Nc2ccc(Cl)c(OC)c2)n1. The van der Waals surface area contributed by atoms with E-state index in [0.29, 0.717) is 22.7 Å². The summed E-state index contributed by atoms with van der Waals surface area (Å²) in [5.74, 6) is 1.26. The van der Waals surface area contributed by atoms with Crippen LogP contribution in [0.5, 0.6) is 5.75 Å². The molecule has 0 unspecified atom stereocenters. The minimum absolute atomic E-state index is 0.0998. The fourth-order valence-electron chi connectivity index (χ4n) is 1.38. The molecule has 100 valence electrons. The minimum atomic E-state index is 0.0998. The number of ether oxygens (including phenoxy) is 1. The number of rotatable bonds is 4. The van der Waals surface area contributed by atoms with Crippen molar-refractivity contribution in [1.29, 1.82) is 0 Å². The molecule has 1 aromatic carbocycles. The summed E-state index contributed by atoms with van der Waals surface area (Å²) in [4.78, 5) is 12.0. The molecule has 1 aromatic heterocycles. The van der Waals surface area contributed by atoms with Crippen LogP contribution in [-0.4, -0.2) is 29.1 Å².